The second-order valence-corrected chi connectivity index (χ2v) is 3.27. The quantitative estimate of drug-likeness (QED) is 0.666. The zero-order valence-corrected chi connectivity index (χ0v) is 9.88. The fourth-order valence-electron chi connectivity index (χ4n) is 1.52. The lowest BCUT2D eigenvalue weighted by molar-refractivity contribution is 0.759. The highest BCUT2D eigenvalue weighted by molar-refractivity contribution is 5.34. The molecule has 0 spiro atoms. The molecule has 1 aliphatic carbocycles. The van der Waals surface area contributed by atoms with Crippen molar-refractivity contribution in [2.45, 2.75) is 46.6 Å². The molecule has 0 fully saturated rings. The van der Waals surface area contributed by atoms with Gasteiger partial charge >= 0.3 is 0 Å². The van der Waals surface area contributed by atoms with Crippen molar-refractivity contribution in [3.63, 3.8) is 0 Å². The van der Waals surface area contributed by atoms with E-state index in [0.717, 1.165) is 12.8 Å². The molecule has 1 unspecified atom stereocenters. The Kier molecular flexibility index (Phi) is 7.13. The predicted octanol–water partition coefficient (Wildman–Crippen LogP) is 3.58. The van der Waals surface area contributed by atoms with Crippen LogP contribution in [0.15, 0.2) is 35.5 Å². The van der Waals surface area contributed by atoms with Gasteiger partial charge in [-0.2, -0.15) is 0 Å². The molecule has 1 rings (SSSR count). The van der Waals surface area contributed by atoms with E-state index in [1.165, 1.54) is 11.1 Å². The van der Waals surface area contributed by atoms with E-state index >= 15 is 0 Å². The summed E-state index contributed by atoms with van der Waals surface area (Å²) in [5.74, 6) is 0. The second-order valence-electron chi connectivity index (χ2n) is 3.27. The van der Waals surface area contributed by atoms with Crippen molar-refractivity contribution in [2.75, 3.05) is 0 Å². The lowest BCUT2D eigenvalue weighted by atomic mass is 10.1. The number of hydrogen-bond acceptors (Lipinski definition) is 1. The van der Waals surface area contributed by atoms with Crippen LogP contribution in [0.3, 0.4) is 0 Å². The first-order chi connectivity index (χ1) is 6.75. The molecule has 0 aromatic carbocycles. The monoisotopic (exact) mass is 193 g/mol. The molecule has 0 saturated carbocycles. The second kappa shape index (κ2) is 7.57. The Hall–Kier alpha value is -0.820. The van der Waals surface area contributed by atoms with Crippen LogP contribution in [0.5, 0.6) is 0 Å². The van der Waals surface area contributed by atoms with Crippen molar-refractivity contribution in [3.05, 3.63) is 35.5 Å². The molecule has 0 bridgehead atoms. The summed E-state index contributed by atoms with van der Waals surface area (Å²) in [5, 5.41) is 0. The van der Waals surface area contributed by atoms with E-state index in [1.54, 1.807) is 0 Å². The van der Waals surface area contributed by atoms with Crippen molar-refractivity contribution >= 4 is 0 Å². The summed E-state index contributed by atoms with van der Waals surface area (Å²) in [6.45, 7) is 8.18. The first kappa shape index (κ1) is 13.2. The maximum Gasteiger partial charge on any atom is 0.0297 e. The van der Waals surface area contributed by atoms with Gasteiger partial charge < -0.3 is 5.73 Å². The molecule has 1 aliphatic rings. The minimum Gasteiger partial charge on any atom is -0.324 e. The van der Waals surface area contributed by atoms with Crippen LogP contribution in [0, 0.1) is 0 Å². The third kappa shape index (κ3) is 3.93. The maximum atomic E-state index is 5.92. The lowest BCUT2D eigenvalue weighted by Gasteiger charge is -2.03. The Morgan fingerprint density at radius 1 is 1.29 bits per heavy atom. The van der Waals surface area contributed by atoms with Crippen molar-refractivity contribution in [3.8, 4) is 0 Å². The van der Waals surface area contributed by atoms with Crippen LogP contribution < -0.4 is 5.73 Å². The van der Waals surface area contributed by atoms with Crippen LogP contribution in [0.2, 0.25) is 0 Å². The molecule has 0 radical (unpaired) electrons. The van der Waals surface area contributed by atoms with Crippen LogP contribution in [-0.4, -0.2) is 6.04 Å². The predicted molar refractivity (Wildman–Crippen MR) is 65.2 cm³/mol. The highest BCUT2D eigenvalue weighted by Crippen LogP contribution is 2.25. The van der Waals surface area contributed by atoms with Crippen LogP contribution >= 0.6 is 0 Å². The summed E-state index contributed by atoms with van der Waals surface area (Å²) < 4.78 is 0. The number of rotatable bonds is 2. The Morgan fingerprint density at radius 3 is 2.36 bits per heavy atom. The Balaban J connectivity index is 0.000000791. The lowest BCUT2D eigenvalue weighted by Crippen LogP contribution is -2.17. The van der Waals surface area contributed by atoms with Crippen molar-refractivity contribution < 1.29 is 0 Å². The van der Waals surface area contributed by atoms with Gasteiger partial charge in [0.05, 0.1) is 0 Å². The molecule has 0 heterocycles. The molecule has 0 saturated heterocycles. The topological polar surface area (TPSA) is 26.0 Å². The molecular weight excluding hydrogens is 170 g/mol. The van der Waals surface area contributed by atoms with Gasteiger partial charge in [0.25, 0.3) is 0 Å². The van der Waals surface area contributed by atoms with Crippen LogP contribution in [0.1, 0.15) is 40.5 Å². The highest BCUT2D eigenvalue weighted by atomic mass is 14.6. The molecule has 1 nitrogen and oxygen atoms in total. The largest absolute Gasteiger partial charge is 0.324 e. The third-order valence-electron chi connectivity index (χ3n) is 2.30. The van der Waals surface area contributed by atoms with Crippen LogP contribution in [0.4, 0.5) is 0 Å². The number of hydrogen-bond donors (Lipinski definition) is 1. The van der Waals surface area contributed by atoms with Crippen LogP contribution in [0.25, 0.3) is 0 Å². The average Bonchev–Trinajstić information content (AvgIpc) is 2.52. The molecule has 0 aliphatic heterocycles. The molecular formula is C13H23N. The highest BCUT2D eigenvalue weighted by Gasteiger charge is 2.16. The number of nitrogens with two attached hydrogens (primary N) is 1. The fourth-order valence-corrected chi connectivity index (χ4v) is 1.52. The van der Waals surface area contributed by atoms with E-state index in [1.807, 2.05) is 32.9 Å². The summed E-state index contributed by atoms with van der Waals surface area (Å²) in [6, 6.07) is 0.270. The first-order valence-electron chi connectivity index (χ1n) is 5.50. The molecule has 2 N–H and O–H groups in total. The van der Waals surface area contributed by atoms with Gasteiger partial charge in [-0.05, 0) is 32.3 Å². The van der Waals surface area contributed by atoms with E-state index < -0.39 is 0 Å². The van der Waals surface area contributed by atoms with E-state index in [-0.39, 0.29) is 6.04 Å². The van der Waals surface area contributed by atoms with Gasteiger partial charge in [-0.1, -0.05) is 43.7 Å². The molecule has 1 atom stereocenters. The van der Waals surface area contributed by atoms with E-state index in [4.69, 9.17) is 5.73 Å². The fraction of sp³-hybridized carbons (Fsp3) is 0.538. The van der Waals surface area contributed by atoms with Gasteiger partial charge in [0.1, 0.15) is 0 Å². The first-order valence-corrected chi connectivity index (χ1v) is 5.50. The molecule has 0 aromatic heterocycles. The zero-order valence-electron chi connectivity index (χ0n) is 9.88. The minimum absolute atomic E-state index is 0.270. The Morgan fingerprint density at radius 2 is 1.93 bits per heavy atom. The van der Waals surface area contributed by atoms with Gasteiger partial charge in [-0.15, -0.1) is 0 Å². The van der Waals surface area contributed by atoms with E-state index in [2.05, 4.69) is 19.1 Å². The zero-order chi connectivity index (χ0) is 11.0. The standard InChI is InChI=1S/C11H17N.C2H6/c1-3-4-5-6-10-9(2)7-8-11(10)12;1-2/h3-6,11H,7-8,12H2,1-2H3;1-2H3/b4-3-,6-5-;. The summed E-state index contributed by atoms with van der Waals surface area (Å²) in [5.41, 5.74) is 8.69. The Bertz CT molecular complexity index is 234. The molecule has 0 aromatic rings. The van der Waals surface area contributed by atoms with Gasteiger partial charge in [-0.25, -0.2) is 0 Å². The average molecular weight is 193 g/mol. The number of allylic oxidation sites excluding steroid dienone is 4. The minimum atomic E-state index is 0.270. The van der Waals surface area contributed by atoms with E-state index in [0.29, 0.717) is 0 Å². The maximum absolute atomic E-state index is 5.92. The van der Waals surface area contributed by atoms with Gasteiger partial charge in [0.2, 0.25) is 0 Å². The summed E-state index contributed by atoms with van der Waals surface area (Å²) >= 11 is 0. The molecule has 1 heteroatoms. The molecule has 0 amide bonds. The van der Waals surface area contributed by atoms with E-state index in [9.17, 15) is 0 Å². The normalized spacial score (nSPS) is 21.9. The van der Waals surface area contributed by atoms with Gasteiger partial charge in [0.15, 0.2) is 0 Å². The van der Waals surface area contributed by atoms with Gasteiger partial charge in [0, 0.05) is 6.04 Å². The van der Waals surface area contributed by atoms with Gasteiger partial charge in [-0.3, -0.25) is 0 Å². The summed E-state index contributed by atoms with van der Waals surface area (Å²) in [7, 11) is 0. The third-order valence-corrected chi connectivity index (χ3v) is 2.30. The summed E-state index contributed by atoms with van der Waals surface area (Å²) in [4.78, 5) is 0. The van der Waals surface area contributed by atoms with Crippen molar-refractivity contribution in [2.24, 2.45) is 5.73 Å². The Labute approximate surface area is 88.4 Å². The van der Waals surface area contributed by atoms with Crippen LogP contribution in [-0.2, 0) is 0 Å². The summed E-state index contributed by atoms with van der Waals surface area (Å²) in [6.07, 6.45) is 10.5. The smallest absolute Gasteiger partial charge is 0.0297 e. The molecule has 14 heavy (non-hydrogen) atoms. The SMILES string of the molecule is C/C=C\C=C/C1=C(C)CCC1N.CC. The molecule has 80 valence electrons. The van der Waals surface area contributed by atoms with Crippen molar-refractivity contribution in [1.29, 1.82) is 0 Å². The van der Waals surface area contributed by atoms with Crippen molar-refractivity contribution in [1.82, 2.24) is 0 Å².